The molecule has 0 saturated heterocycles. The molecule has 1 aliphatic rings. The predicted molar refractivity (Wildman–Crippen MR) is 90.0 cm³/mol. The second-order valence-corrected chi connectivity index (χ2v) is 6.24. The average molecular weight is 359 g/mol. The van der Waals surface area contributed by atoms with Gasteiger partial charge in [0, 0.05) is 23.8 Å². The molecule has 0 fully saturated rings. The maximum atomic E-state index is 13.0. The van der Waals surface area contributed by atoms with Crippen LogP contribution in [-0.4, -0.2) is 19.5 Å². The van der Waals surface area contributed by atoms with Crippen LogP contribution in [-0.2, 0) is 12.6 Å². The molecule has 5 nitrogen and oxygen atoms in total. The smallest absolute Gasteiger partial charge is 0.344 e. The number of nitrogens with zero attached hydrogens (tertiary/aromatic N) is 4. The van der Waals surface area contributed by atoms with Crippen LogP contribution in [0.25, 0.3) is 5.69 Å². The number of halogens is 3. The molecule has 8 heteroatoms. The minimum absolute atomic E-state index is 0.0390. The fourth-order valence-corrected chi connectivity index (χ4v) is 3.23. The molecule has 3 aromatic rings. The maximum Gasteiger partial charge on any atom is 0.433 e. The zero-order valence-electron chi connectivity index (χ0n) is 14.0. The number of para-hydroxylation sites is 1. The molecule has 0 spiro atoms. The molecule has 0 radical (unpaired) electrons. The quantitative estimate of drug-likeness (QED) is 0.749. The van der Waals surface area contributed by atoms with Crippen LogP contribution in [0, 0.1) is 6.92 Å². The summed E-state index contributed by atoms with van der Waals surface area (Å²) in [6.45, 7) is 1.52. The number of imidazole rings is 1. The summed E-state index contributed by atoms with van der Waals surface area (Å²) in [7, 11) is 0. The third-order valence-corrected chi connectivity index (χ3v) is 4.38. The van der Waals surface area contributed by atoms with Crippen molar-refractivity contribution >= 4 is 5.95 Å². The Kier molecular flexibility index (Phi) is 3.90. The minimum Gasteiger partial charge on any atom is -0.344 e. The molecule has 0 amide bonds. The summed E-state index contributed by atoms with van der Waals surface area (Å²) in [6, 6.07) is 8.63. The lowest BCUT2D eigenvalue weighted by molar-refractivity contribution is -0.141. The standard InChI is InChI=1S/C18H16F3N5/c1-11-10-15(18(19,20)21)25-17(23-11)24-13-7-6-12-4-2-3-5-14(12)26-9-8-22-16(13)26/h2-5,8-10,13H,6-7H2,1H3,(H,23,24,25). The summed E-state index contributed by atoms with van der Waals surface area (Å²) < 4.78 is 41.0. The Hall–Kier alpha value is -2.90. The van der Waals surface area contributed by atoms with Crippen LogP contribution in [0.4, 0.5) is 19.1 Å². The van der Waals surface area contributed by atoms with Crippen molar-refractivity contribution in [3.8, 4) is 5.69 Å². The van der Waals surface area contributed by atoms with Crippen molar-refractivity contribution in [3.05, 3.63) is 65.5 Å². The summed E-state index contributed by atoms with van der Waals surface area (Å²) in [5, 5.41) is 3.05. The topological polar surface area (TPSA) is 55.6 Å². The van der Waals surface area contributed by atoms with E-state index in [1.54, 1.807) is 6.20 Å². The van der Waals surface area contributed by atoms with Gasteiger partial charge < -0.3 is 9.88 Å². The van der Waals surface area contributed by atoms with Gasteiger partial charge in [-0.25, -0.2) is 15.0 Å². The Morgan fingerprint density at radius 2 is 2.00 bits per heavy atom. The van der Waals surface area contributed by atoms with Gasteiger partial charge in [0.2, 0.25) is 5.95 Å². The molecule has 1 atom stereocenters. The second kappa shape index (κ2) is 6.12. The molecule has 1 aromatic carbocycles. The molecule has 2 aromatic heterocycles. The monoisotopic (exact) mass is 359 g/mol. The van der Waals surface area contributed by atoms with E-state index in [1.165, 1.54) is 6.92 Å². The maximum absolute atomic E-state index is 13.0. The number of hydrogen-bond acceptors (Lipinski definition) is 4. The van der Waals surface area contributed by atoms with Crippen molar-refractivity contribution in [3.63, 3.8) is 0 Å². The lowest BCUT2D eigenvalue weighted by Gasteiger charge is -2.18. The lowest BCUT2D eigenvalue weighted by Crippen LogP contribution is -2.18. The zero-order chi connectivity index (χ0) is 18.3. The van der Waals surface area contributed by atoms with Crippen LogP contribution in [0.15, 0.2) is 42.7 Å². The highest BCUT2D eigenvalue weighted by atomic mass is 19.4. The predicted octanol–water partition coefficient (Wildman–Crippen LogP) is 4.09. The molecule has 134 valence electrons. The van der Waals surface area contributed by atoms with Gasteiger partial charge in [0.25, 0.3) is 0 Å². The number of rotatable bonds is 2. The minimum atomic E-state index is -4.51. The van der Waals surface area contributed by atoms with Crippen LogP contribution in [0.5, 0.6) is 0 Å². The molecule has 1 aliphatic heterocycles. The summed E-state index contributed by atoms with van der Waals surface area (Å²) in [6.07, 6.45) is 0.473. The molecule has 4 rings (SSSR count). The molecule has 0 aliphatic carbocycles. The number of aromatic nitrogens is 4. The Balaban J connectivity index is 1.70. The zero-order valence-corrected chi connectivity index (χ0v) is 14.0. The fraction of sp³-hybridized carbons (Fsp3) is 0.278. The summed E-state index contributed by atoms with van der Waals surface area (Å²) >= 11 is 0. The van der Waals surface area contributed by atoms with Crippen LogP contribution in [0.1, 0.15) is 35.2 Å². The summed E-state index contributed by atoms with van der Waals surface area (Å²) in [4.78, 5) is 12.2. The highest BCUT2D eigenvalue weighted by Crippen LogP contribution is 2.32. The first-order chi connectivity index (χ1) is 12.4. The summed E-state index contributed by atoms with van der Waals surface area (Å²) in [5.41, 5.74) is 1.51. The SMILES string of the molecule is Cc1cc(C(F)(F)F)nc(NC2CCc3ccccc3-n3ccnc32)n1. The van der Waals surface area contributed by atoms with Gasteiger partial charge in [-0.15, -0.1) is 0 Å². The van der Waals surface area contributed by atoms with Gasteiger partial charge in [-0.2, -0.15) is 13.2 Å². The van der Waals surface area contributed by atoms with Crippen molar-refractivity contribution in [1.82, 2.24) is 19.5 Å². The number of nitrogens with one attached hydrogen (secondary N) is 1. The molecule has 0 saturated carbocycles. The number of anilines is 1. The number of fused-ring (bicyclic) bond motifs is 3. The number of hydrogen-bond donors (Lipinski definition) is 1. The van der Waals surface area contributed by atoms with E-state index < -0.39 is 11.9 Å². The molecule has 3 heterocycles. The lowest BCUT2D eigenvalue weighted by atomic mass is 10.1. The van der Waals surface area contributed by atoms with E-state index in [1.807, 2.05) is 35.0 Å². The van der Waals surface area contributed by atoms with Gasteiger partial charge in [-0.3, -0.25) is 0 Å². The molecular weight excluding hydrogens is 343 g/mol. The van der Waals surface area contributed by atoms with Gasteiger partial charge in [0.05, 0.1) is 6.04 Å². The Labute approximate surface area is 147 Å². The van der Waals surface area contributed by atoms with E-state index in [-0.39, 0.29) is 17.7 Å². The van der Waals surface area contributed by atoms with E-state index >= 15 is 0 Å². The Bertz CT molecular complexity index is 948. The van der Waals surface area contributed by atoms with Crippen LogP contribution in [0.2, 0.25) is 0 Å². The average Bonchev–Trinajstić information content (AvgIpc) is 3.02. The first kappa shape index (κ1) is 16.6. The largest absolute Gasteiger partial charge is 0.433 e. The molecule has 1 N–H and O–H groups in total. The number of benzene rings is 1. The van der Waals surface area contributed by atoms with Gasteiger partial charge in [-0.1, -0.05) is 18.2 Å². The van der Waals surface area contributed by atoms with Gasteiger partial charge in [-0.05, 0) is 37.5 Å². The molecule has 26 heavy (non-hydrogen) atoms. The van der Waals surface area contributed by atoms with Gasteiger partial charge >= 0.3 is 6.18 Å². The summed E-state index contributed by atoms with van der Waals surface area (Å²) in [5.74, 6) is 0.691. The van der Waals surface area contributed by atoms with E-state index in [2.05, 4.69) is 20.3 Å². The fourth-order valence-electron chi connectivity index (χ4n) is 3.23. The highest BCUT2D eigenvalue weighted by molar-refractivity contribution is 5.45. The van der Waals surface area contributed by atoms with Gasteiger partial charge in [0.1, 0.15) is 11.5 Å². The third-order valence-electron chi connectivity index (χ3n) is 4.38. The second-order valence-electron chi connectivity index (χ2n) is 6.24. The van der Waals surface area contributed by atoms with Crippen molar-refractivity contribution in [2.24, 2.45) is 0 Å². The van der Waals surface area contributed by atoms with Crippen LogP contribution in [0.3, 0.4) is 0 Å². The van der Waals surface area contributed by atoms with E-state index in [9.17, 15) is 13.2 Å². The van der Waals surface area contributed by atoms with Crippen molar-refractivity contribution < 1.29 is 13.2 Å². The highest BCUT2D eigenvalue weighted by Gasteiger charge is 2.34. The van der Waals surface area contributed by atoms with Crippen molar-refractivity contribution in [1.29, 1.82) is 0 Å². The normalized spacial score (nSPS) is 16.5. The van der Waals surface area contributed by atoms with Gasteiger partial charge in [0.15, 0.2) is 0 Å². The Morgan fingerprint density at radius 3 is 2.81 bits per heavy atom. The van der Waals surface area contributed by atoms with E-state index in [0.717, 1.165) is 29.6 Å². The Morgan fingerprint density at radius 1 is 1.19 bits per heavy atom. The van der Waals surface area contributed by atoms with Crippen molar-refractivity contribution in [2.45, 2.75) is 32.0 Å². The van der Waals surface area contributed by atoms with E-state index in [0.29, 0.717) is 6.42 Å². The molecule has 1 unspecified atom stereocenters. The number of aryl methyl sites for hydroxylation is 2. The first-order valence-electron chi connectivity index (χ1n) is 8.23. The number of alkyl halides is 3. The molecular formula is C18H16F3N5. The molecule has 0 bridgehead atoms. The van der Waals surface area contributed by atoms with Crippen LogP contribution < -0.4 is 5.32 Å². The van der Waals surface area contributed by atoms with Crippen molar-refractivity contribution in [2.75, 3.05) is 5.32 Å². The first-order valence-corrected chi connectivity index (χ1v) is 8.23. The third kappa shape index (κ3) is 3.02. The van der Waals surface area contributed by atoms with E-state index in [4.69, 9.17) is 0 Å². The van der Waals surface area contributed by atoms with Crippen LogP contribution >= 0.6 is 0 Å².